The molecule has 0 bridgehead atoms. The van der Waals surface area contributed by atoms with E-state index in [-0.39, 0.29) is 23.6 Å². The van der Waals surface area contributed by atoms with E-state index in [4.69, 9.17) is 14.2 Å². The summed E-state index contributed by atoms with van der Waals surface area (Å²) in [6, 6.07) is 5.60. The molecule has 1 fully saturated rings. The van der Waals surface area contributed by atoms with Crippen LogP contribution in [-0.2, 0) is 4.74 Å². The maximum Gasteiger partial charge on any atom is 0.191 e. The zero-order chi connectivity index (χ0) is 20.9. The van der Waals surface area contributed by atoms with E-state index in [2.05, 4.69) is 36.4 Å². The summed E-state index contributed by atoms with van der Waals surface area (Å²) in [5, 5.41) is 17.4. The number of aliphatic imine (C=N–C) groups is 1. The SMILES string of the molecule is CCNC(=NCC(O)c1cc(OC)cc(OC)c1)NC1CC(C)(OC)C1(C)C. The third-order valence-electron chi connectivity index (χ3n) is 6.11. The van der Waals surface area contributed by atoms with Crippen LogP contribution in [0, 0.1) is 5.41 Å². The van der Waals surface area contributed by atoms with Gasteiger partial charge < -0.3 is 30.0 Å². The Kier molecular flexibility index (Phi) is 7.17. The lowest BCUT2D eigenvalue weighted by Crippen LogP contribution is -2.69. The molecule has 1 aromatic carbocycles. The van der Waals surface area contributed by atoms with Crippen molar-refractivity contribution in [2.24, 2.45) is 10.4 Å². The highest BCUT2D eigenvalue weighted by molar-refractivity contribution is 5.80. The Hall–Kier alpha value is -1.99. The Morgan fingerprint density at radius 1 is 1.18 bits per heavy atom. The van der Waals surface area contributed by atoms with Crippen molar-refractivity contribution in [1.29, 1.82) is 0 Å². The summed E-state index contributed by atoms with van der Waals surface area (Å²) in [6.45, 7) is 9.50. The molecule has 1 saturated carbocycles. The molecule has 3 atom stereocenters. The number of aliphatic hydroxyl groups excluding tert-OH is 1. The van der Waals surface area contributed by atoms with Crippen LogP contribution < -0.4 is 20.1 Å². The fourth-order valence-corrected chi connectivity index (χ4v) is 3.51. The van der Waals surface area contributed by atoms with Gasteiger partial charge in [0.05, 0.1) is 32.5 Å². The molecule has 28 heavy (non-hydrogen) atoms. The van der Waals surface area contributed by atoms with Gasteiger partial charge in [0.2, 0.25) is 0 Å². The van der Waals surface area contributed by atoms with Gasteiger partial charge in [0, 0.05) is 31.2 Å². The fourth-order valence-electron chi connectivity index (χ4n) is 3.51. The van der Waals surface area contributed by atoms with Crippen LogP contribution in [0.15, 0.2) is 23.2 Å². The molecule has 3 unspecified atom stereocenters. The van der Waals surface area contributed by atoms with Crippen molar-refractivity contribution in [2.75, 3.05) is 34.4 Å². The van der Waals surface area contributed by atoms with Gasteiger partial charge in [-0.15, -0.1) is 0 Å². The monoisotopic (exact) mass is 393 g/mol. The van der Waals surface area contributed by atoms with Crippen LogP contribution in [0.2, 0.25) is 0 Å². The zero-order valence-electron chi connectivity index (χ0n) is 18.1. The molecular weight excluding hydrogens is 358 g/mol. The minimum absolute atomic E-state index is 0.0310. The molecule has 0 heterocycles. The number of ether oxygens (including phenoxy) is 3. The van der Waals surface area contributed by atoms with E-state index in [0.717, 1.165) is 13.0 Å². The quantitative estimate of drug-likeness (QED) is 0.465. The smallest absolute Gasteiger partial charge is 0.191 e. The van der Waals surface area contributed by atoms with Gasteiger partial charge in [-0.2, -0.15) is 0 Å². The van der Waals surface area contributed by atoms with E-state index in [9.17, 15) is 5.11 Å². The van der Waals surface area contributed by atoms with Gasteiger partial charge in [0.25, 0.3) is 0 Å². The van der Waals surface area contributed by atoms with Gasteiger partial charge in [-0.25, -0.2) is 0 Å². The lowest BCUT2D eigenvalue weighted by Gasteiger charge is -2.59. The van der Waals surface area contributed by atoms with Crippen LogP contribution in [0.4, 0.5) is 0 Å². The second kappa shape index (κ2) is 9.01. The molecule has 7 nitrogen and oxygen atoms in total. The lowest BCUT2D eigenvalue weighted by atomic mass is 9.56. The number of nitrogens with one attached hydrogen (secondary N) is 2. The standard InChI is InChI=1S/C21H35N3O4/c1-8-22-19(24-18-12-21(4,28-7)20(18,2)3)23-13-17(25)14-9-15(26-5)11-16(10-14)27-6/h9-11,17-18,25H,8,12-13H2,1-7H3,(H2,22,23,24). The van der Waals surface area contributed by atoms with Gasteiger partial charge in [-0.05, 0) is 38.0 Å². The molecule has 0 radical (unpaired) electrons. The normalized spacial score (nSPS) is 24.9. The molecule has 0 aromatic heterocycles. The summed E-state index contributed by atoms with van der Waals surface area (Å²) in [5.74, 6) is 1.96. The Balaban J connectivity index is 2.09. The van der Waals surface area contributed by atoms with Crippen LogP contribution in [-0.4, -0.2) is 57.1 Å². The number of aliphatic hydroxyl groups is 1. The number of guanidine groups is 1. The molecule has 0 amide bonds. The van der Waals surface area contributed by atoms with Crippen LogP contribution in [0.3, 0.4) is 0 Å². The summed E-state index contributed by atoms with van der Waals surface area (Å²) >= 11 is 0. The van der Waals surface area contributed by atoms with Crippen LogP contribution in [0.5, 0.6) is 11.5 Å². The molecule has 1 aliphatic carbocycles. The number of rotatable bonds is 8. The first kappa shape index (κ1) is 22.3. The zero-order valence-corrected chi connectivity index (χ0v) is 18.1. The molecule has 2 rings (SSSR count). The van der Waals surface area contributed by atoms with Gasteiger partial charge in [0.15, 0.2) is 5.96 Å². The minimum atomic E-state index is -0.766. The van der Waals surface area contributed by atoms with Crippen molar-refractivity contribution >= 4 is 5.96 Å². The fraction of sp³-hybridized carbons (Fsp3) is 0.667. The summed E-state index contributed by atoms with van der Waals surface area (Å²) in [4.78, 5) is 4.58. The van der Waals surface area contributed by atoms with Crippen LogP contribution >= 0.6 is 0 Å². The molecule has 0 saturated heterocycles. The maximum atomic E-state index is 10.6. The number of hydrogen-bond acceptors (Lipinski definition) is 5. The summed E-state index contributed by atoms with van der Waals surface area (Å²) < 4.78 is 16.2. The first-order valence-corrected chi connectivity index (χ1v) is 9.71. The third-order valence-corrected chi connectivity index (χ3v) is 6.11. The Morgan fingerprint density at radius 3 is 2.25 bits per heavy atom. The van der Waals surface area contributed by atoms with Crippen LogP contribution in [0.1, 0.15) is 45.8 Å². The summed E-state index contributed by atoms with van der Waals surface area (Å²) in [6.07, 6.45) is 0.134. The Bertz CT molecular complexity index is 670. The maximum absolute atomic E-state index is 10.6. The van der Waals surface area contributed by atoms with Crippen molar-refractivity contribution in [3.63, 3.8) is 0 Å². The van der Waals surface area contributed by atoms with Crippen molar-refractivity contribution in [1.82, 2.24) is 10.6 Å². The van der Waals surface area contributed by atoms with E-state index < -0.39 is 6.10 Å². The highest BCUT2D eigenvalue weighted by atomic mass is 16.5. The van der Waals surface area contributed by atoms with E-state index in [1.165, 1.54) is 0 Å². The Morgan fingerprint density at radius 2 is 1.79 bits per heavy atom. The van der Waals surface area contributed by atoms with Gasteiger partial charge >= 0.3 is 0 Å². The predicted molar refractivity (Wildman–Crippen MR) is 111 cm³/mol. The van der Waals surface area contributed by atoms with Gasteiger partial charge in [-0.1, -0.05) is 13.8 Å². The molecular formula is C21H35N3O4. The molecule has 7 heteroatoms. The average molecular weight is 394 g/mol. The summed E-state index contributed by atoms with van der Waals surface area (Å²) in [5.41, 5.74) is 0.516. The van der Waals surface area contributed by atoms with Crippen LogP contribution in [0.25, 0.3) is 0 Å². The number of methoxy groups -OCH3 is 3. The molecule has 3 N–H and O–H groups in total. The van der Waals surface area contributed by atoms with Crippen molar-refractivity contribution in [3.05, 3.63) is 23.8 Å². The number of hydrogen-bond donors (Lipinski definition) is 3. The number of nitrogens with zero attached hydrogens (tertiary/aromatic N) is 1. The first-order valence-electron chi connectivity index (χ1n) is 9.71. The largest absolute Gasteiger partial charge is 0.497 e. The van der Waals surface area contributed by atoms with Gasteiger partial charge in [0.1, 0.15) is 11.5 Å². The van der Waals surface area contributed by atoms with E-state index in [1.54, 1.807) is 39.5 Å². The number of benzene rings is 1. The van der Waals surface area contributed by atoms with E-state index >= 15 is 0 Å². The highest BCUT2D eigenvalue weighted by Gasteiger charge is 2.58. The van der Waals surface area contributed by atoms with Crippen molar-refractivity contribution in [2.45, 2.75) is 51.9 Å². The topological polar surface area (TPSA) is 84.3 Å². The highest BCUT2D eigenvalue weighted by Crippen LogP contribution is 2.51. The molecule has 158 valence electrons. The predicted octanol–water partition coefficient (Wildman–Crippen LogP) is 2.50. The average Bonchev–Trinajstić information content (AvgIpc) is 2.70. The minimum Gasteiger partial charge on any atom is -0.497 e. The van der Waals surface area contributed by atoms with E-state index in [1.807, 2.05) is 6.92 Å². The lowest BCUT2D eigenvalue weighted by molar-refractivity contribution is -0.176. The van der Waals surface area contributed by atoms with Crippen molar-refractivity contribution in [3.8, 4) is 11.5 Å². The second-order valence-electron chi connectivity index (χ2n) is 7.94. The third kappa shape index (κ3) is 4.52. The second-order valence-corrected chi connectivity index (χ2v) is 7.94. The first-order chi connectivity index (χ1) is 13.2. The van der Waals surface area contributed by atoms with E-state index in [0.29, 0.717) is 23.0 Å². The van der Waals surface area contributed by atoms with Gasteiger partial charge in [-0.3, -0.25) is 4.99 Å². The summed E-state index contributed by atoms with van der Waals surface area (Å²) in [7, 11) is 4.94. The Labute approximate surface area is 168 Å². The molecule has 1 aliphatic rings. The molecule has 1 aromatic rings. The van der Waals surface area contributed by atoms with Crippen molar-refractivity contribution < 1.29 is 19.3 Å². The molecule has 0 aliphatic heterocycles. The molecule has 0 spiro atoms.